The molecule has 0 bridgehead atoms. The second-order valence-electron chi connectivity index (χ2n) is 6.16. The van der Waals surface area contributed by atoms with E-state index in [-0.39, 0.29) is 17.5 Å². The summed E-state index contributed by atoms with van der Waals surface area (Å²) in [6.45, 7) is 1.51. The van der Waals surface area contributed by atoms with Crippen LogP contribution in [-0.2, 0) is 14.3 Å². The first kappa shape index (κ1) is 16.0. The molecule has 2 atom stereocenters. The number of ketones is 2. The van der Waals surface area contributed by atoms with Crippen LogP contribution in [0.4, 0.5) is 0 Å². The average molecular weight is 341 g/mol. The number of benzene rings is 1. The van der Waals surface area contributed by atoms with Crippen LogP contribution in [0.5, 0.6) is 0 Å². The highest BCUT2D eigenvalue weighted by atomic mass is 35.5. The summed E-state index contributed by atoms with van der Waals surface area (Å²) in [6.07, 6.45) is 3.07. The van der Waals surface area contributed by atoms with Crippen molar-refractivity contribution in [2.24, 2.45) is 11.8 Å². The lowest BCUT2D eigenvalue weighted by Crippen LogP contribution is -2.22. The van der Waals surface area contributed by atoms with Gasteiger partial charge in [-0.05, 0) is 42.9 Å². The Kier molecular flexibility index (Phi) is 4.86. The molecule has 3 rings (SSSR count). The van der Waals surface area contributed by atoms with Crippen LogP contribution >= 0.6 is 23.2 Å². The van der Waals surface area contributed by atoms with Crippen molar-refractivity contribution in [2.75, 3.05) is 13.2 Å². The van der Waals surface area contributed by atoms with Crippen molar-refractivity contribution in [3.63, 3.8) is 0 Å². The first-order chi connectivity index (χ1) is 10.6. The van der Waals surface area contributed by atoms with Crippen LogP contribution < -0.4 is 0 Å². The summed E-state index contributed by atoms with van der Waals surface area (Å²) in [5.41, 5.74) is 0.593. The topological polar surface area (TPSA) is 43.4 Å². The van der Waals surface area contributed by atoms with Gasteiger partial charge in [0.1, 0.15) is 11.7 Å². The molecule has 1 aliphatic carbocycles. The third kappa shape index (κ3) is 3.22. The molecule has 1 aliphatic heterocycles. The number of ether oxygens (including phenoxy) is 1. The minimum atomic E-state index is -0.713. The van der Waals surface area contributed by atoms with Crippen LogP contribution in [0.25, 0.3) is 0 Å². The van der Waals surface area contributed by atoms with Gasteiger partial charge in [-0.15, -0.1) is 0 Å². The number of rotatable bonds is 3. The largest absolute Gasteiger partial charge is 0.381 e. The molecule has 3 nitrogen and oxygen atoms in total. The van der Waals surface area contributed by atoms with Gasteiger partial charge >= 0.3 is 0 Å². The summed E-state index contributed by atoms with van der Waals surface area (Å²) >= 11 is 12.1. The third-order valence-electron chi connectivity index (χ3n) is 4.69. The van der Waals surface area contributed by atoms with Gasteiger partial charge in [0.05, 0.1) is 0 Å². The van der Waals surface area contributed by atoms with Crippen LogP contribution in [0, 0.1) is 11.8 Å². The summed E-state index contributed by atoms with van der Waals surface area (Å²) in [7, 11) is 0. The van der Waals surface area contributed by atoms with E-state index in [9.17, 15) is 9.59 Å². The summed E-state index contributed by atoms with van der Waals surface area (Å²) in [5, 5.41) is 0.899. The van der Waals surface area contributed by atoms with Crippen LogP contribution in [0.15, 0.2) is 18.2 Å². The van der Waals surface area contributed by atoms with Gasteiger partial charge in [-0.3, -0.25) is 9.59 Å². The normalized spacial score (nSPS) is 26.6. The molecule has 5 heteroatoms. The predicted octanol–water partition coefficient (Wildman–Crippen LogP) is 4.05. The Morgan fingerprint density at radius 1 is 1.14 bits per heavy atom. The molecule has 0 aromatic heterocycles. The molecule has 2 aliphatic rings. The standard InChI is InChI=1S/C17H18Cl2O3/c18-12-1-2-13(14(19)9-12)16-15(20)8-11(17(16)21)7-10-3-5-22-6-4-10/h1-2,9-11,16H,3-8H2. The van der Waals surface area contributed by atoms with E-state index in [2.05, 4.69) is 0 Å². The highest BCUT2D eigenvalue weighted by Gasteiger charge is 2.43. The van der Waals surface area contributed by atoms with E-state index in [0.29, 0.717) is 27.9 Å². The Morgan fingerprint density at radius 3 is 2.55 bits per heavy atom. The molecule has 1 heterocycles. The van der Waals surface area contributed by atoms with Crippen molar-refractivity contribution in [3.8, 4) is 0 Å². The fourth-order valence-corrected chi connectivity index (χ4v) is 4.02. The molecule has 0 N–H and O–H groups in total. The maximum Gasteiger partial charge on any atom is 0.151 e. The second-order valence-corrected chi connectivity index (χ2v) is 7.00. The first-order valence-electron chi connectivity index (χ1n) is 7.65. The summed E-state index contributed by atoms with van der Waals surface area (Å²) < 4.78 is 5.35. The smallest absolute Gasteiger partial charge is 0.151 e. The molecule has 0 spiro atoms. The highest BCUT2D eigenvalue weighted by molar-refractivity contribution is 6.35. The zero-order chi connectivity index (χ0) is 15.7. The lowest BCUT2D eigenvalue weighted by Gasteiger charge is -2.24. The quantitative estimate of drug-likeness (QED) is 0.779. The zero-order valence-electron chi connectivity index (χ0n) is 12.2. The van der Waals surface area contributed by atoms with Gasteiger partial charge in [0.2, 0.25) is 0 Å². The maximum atomic E-state index is 12.7. The van der Waals surface area contributed by atoms with Gasteiger partial charge in [-0.25, -0.2) is 0 Å². The maximum absolute atomic E-state index is 12.7. The SMILES string of the molecule is O=C1CC(CC2CCOCC2)C(=O)C1c1ccc(Cl)cc1Cl. The molecule has 0 amide bonds. The minimum absolute atomic E-state index is 0.0146. The van der Waals surface area contributed by atoms with E-state index in [4.69, 9.17) is 27.9 Å². The molecule has 1 saturated heterocycles. The van der Waals surface area contributed by atoms with Gasteiger partial charge < -0.3 is 4.74 Å². The Bertz CT molecular complexity index is 594. The summed E-state index contributed by atoms with van der Waals surface area (Å²) in [4.78, 5) is 25.0. The zero-order valence-corrected chi connectivity index (χ0v) is 13.7. The van der Waals surface area contributed by atoms with Crippen molar-refractivity contribution in [1.29, 1.82) is 0 Å². The number of carbonyl (C=O) groups excluding carboxylic acids is 2. The van der Waals surface area contributed by atoms with Gasteiger partial charge in [-0.2, -0.15) is 0 Å². The van der Waals surface area contributed by atoms with Crippen LogP contribution in [0.3, 0.4) is 0 Å². The molecule has 1 aromatic rings. The van der Waals surface area contributed by atoms with Crippen molar-refractivity contribution in [1.82, 2.24) is 0 Å². The summed E-state index contributed by atoms with van der Waals surface area (Å²) in [6, 6.07) is 4.96. The van der Waals surface area contributed by atoms with E-state index in [1.54, 1.807) is 18.2 Å². The van der Waals surface area contributed by atoms with E-state index < -0.39 is 5.92 Å². The molecule has 1 saturated carbocycles. The van der Waals surface area contributed by atoms with Crippen LogP contribution in [0.1, 0.15) is 37.2 Å². The highest BCUT2D eigenvalue weighted by Crippen LogP contribution is 2.40. The van der Waals surface area contributed by atoms with E-state index in [0.717, 1.165) is 32.5 Å². The van der Waals surface area contributed by atoms with Crippen LogP contribution in [-0.4, -0.2) is 24.8 Å². The van der Waals surface area contributed by atoms with E-state index in [1.807, 2.05) is 0 Å². The summed E-state index contributed by atoms with van der Waals surface area (Å²) in [5.74, 6) is -0.413. The van der Waals surface area contributed by atoms with Gasteiger partial charge in [0.15, 0.2) is 5.78 Å². The molecule has 2 fully saturated rings. The Labute approximate surface area is 139 Å². The van der Waals surface area contributed by atoms with Gasteiger partial charge in [-0.1, -0.05) is 29.3 Å². The van der Waals surface area contributed by atoms with E-state index in [1.165, 1.54) is 0 Å². The lowest BCUT2D eigenvalue weighted by molar-refractivity contribution is -0.125. The fraction of sp³-hybridized carbons (Fsp3) is 0.529. The van der Waals surface area contributed by atoms with Gasteiger partial charge in [0, 0.05) is 35.6 Å². The number of halogens is 2. The van der Waals surface area contributed by atoms with Gasteiger partial charge in [0.25, 0.3) is 0 Å². The van der Waals surface area contributed by atoms with Crippen molar-refractivity contribution in [3.05, 3.63) is 33.8 Å². The molecule has 118 valence electrons. The Hall–Kier alpha value is -0.900. The Balaban J connectivity index is 1.76. The molecular weight excluding hydrogens is 323 g/mol. The molecule has 0 radical (unpaired) electrons. The van der Waals surface area contributed by atoms with Crippen molar-refractivity contribution < 1.29 is 14.3 Å². The predicted molar refractivity (Wildman–Crippen MR) is 85.5 cm³/mol. The lowest BCUT2D eigenvalue weighted by atomic mass is 9.86. The number of carbonyl (C=O) groups is 2. The van der Waals surface area contributed by atoms with E-state index >= 15 is 0 Å². The monoisotopic (exact) mass is 340 g/mol. The first-order valence-corrected chi connectivity index (χ1v) is 8.41. The molecule has 22 heavy (non-hydrogen) atoms. The number of hydrogen-bond donors (Lipinski definition) is 0. The molecular formula is C17H18Cl2O3. The third-order valence-corrected chi connectivity index (χ3v) is 5.25. The fourth-order valence-electron chi connectivity index (χ4n) is 3.50. The van der Waals surface area contributed by atoms with Crippen molar-refractivity contribution in [2.45, 2.75) is 31.6 Å². The van der Waals surface area contributed by atoms with Crippen LogP contribution in [0.2, 0.25) is 10.0 Å². The van der Waals surface area contributed by atoms with Crippen molar-refractivity contribution >= 4 is 34.8 Å². The number of hydrogen-bond acceptors (Lipinski definition) is 3. The molecule has 2 unspecified atom stereocenters. The second kappa shape index (κ2) is 6.69. The minimum Gasteiger partial charge on any atom is -0.381 e. The Morgan fingerprint density at radius 2 is 1.86 bits per heavy atom. The molecule has 1 aromatic carbocycles. The average Bonchev–Trinajstić information content (AvgIpc) is 2.75. The number of Topliss-reactive ketones (excluding diaryl/α,β-unsaturated/α-hetero) is 2.